The fourth-order valence-electron chi connectivity index (χ4n) is 1.11. The van der Waals surface area contributed by atoms with Crippen molar-refractivity contribution in [1.82, 2.24) is 0 Å². The molecule has 14 heavy (non-hydrogen) atoms. The van der Waals surface area contributed by atoms with Crippen molar-refractivity contribution >= 4 is 0 Å². The van der Waals surface area contributed by atoms with E-state index < -0.39 is 11.6 Å². The van der Waals surface area contributed by atoms with Gasteiger partial charge in [0.05, 0.1) is 13.7 Å². The minimum atomic E-state index is -0.762. The Kier molecular flexibility index (Phi) is 3.67. The minimum Gasteiger partial charge on any atom is -0.505 e. The number of hydrogen-bond donors (Lipinski definition) is 2. The van der Waals surface area contributed by atoms with Gasteiger partial charge in [0.25, 0.3) is 0 Å². The monoisotopic (exact) mass is 201 g/mol. The zero-order valence-electron chi connectivity index (χ0n) is 7.79. The Hall–Kier alpha value is -1.33. The van der Waals surface area contributed by atoms with Crippen LogP contribution in [0.4, 0.5) is 4.39 Å². The lowest BCUT2D eigenvalue weighted by atomic mass is 10.1. The van der Waals surface area contributed by atoms with Crippen LogP contribution in [-0.2, 0) is 11.3 Å². The molecule has 78 valence electrons. The smallest absolute Gasteiger partial charge is 0.206 e. The highest BCUT2D eigenvalue weighted by molar-refractivity contribution is 5.41. The van der Waals surface area contributed by atoms with Gasteiger partial charge in [-0.2, -0.15) is 4.39 Å². The average Bonchev–Trinajstić information content (AvgIpc) is 2.20. The molecule has 0 heterocycles. The number of phenolic OH excluding ortho intramolecular Hbond substituents is 1. The summed E-state index contributed by atoms with van der Waals surface area (Å²) in [6.07, 6.45) is 0.350. The molecule has 3 N–H and O–H groups in total. The van der Waals surface area contributed by atoms with E-state index >= 15 is 0 Å². The third kappa shape index (κ3) is 2.12. The lowest BCUT2D eigenvalue weighted by Gasteiger charge is -2.07. The van der Waals surface area contributed by atoms with E-state index in [-0.39, 0.29) is 12.4 Å². The number of ether oxygens (including phenoxy) is 1. The van der Waals surface area contributed by atoms with Gasteiger partial charge in [-0.25, -0.2) is 5.90 Å². The Labute approximate surface area is 81.0 Å². The Morgan fingerprint density at radius 2 is 2.21 bits per heavy atom. The molecule has 0 radical (unpaired) electrons. The van der Waals surface area contributed by atoms with Crippen LogP contribution >= 0.6 is 0 Å². The molecule has 0 aliphatic heterocycles. The van der Waals surface area contributed by atoms with Gasteiger partial charge in [0.1, 0.15) is 0 Å². The van der Waals surface area contributed by atoms with Crippen molar-refractivity contribution < 1.29 is 19.1 Å². The first-order chi connectivity index (χ1) is 6.70. The van der Waals surface area contributed by atoms with Crippen LogP contribution < -0.4 is 10.6 Å². The van der Waals surface area contributed by atoms with Crippen LogP contribution in [0, 0.1) is 5.82 Å². The lowest BCUT2D eigenvalue weighted by molar-refractivity contribution is 0.140. The molecule has 0 aromatic heterocycles. The van der Waals surface area contributed by atoms with Crippen molar-refractivity contribution in [3.63, 3.8) is 0 Å². The molecule has 5 heteroatoms. The van der Waals surface area contributed by atoms with Gasteiger partial charge < -0.3 is 14.7 Å². The van der Waals surface area contributed by atoms with Crippen molar-refractivity contribution in [2.45, 2.75) is 6.42 Å². The number of rotatable bonds is 4. The van der Waals surface area contributed by atoms with E-state index in [9.17, 15) is 9.50 Å². The average molecular weight is 201 g/mol. The van der Waals surface area contributed by atoms with Crippen molar-refractivity contribution in [3.8, 4) is 11.5 Å². The summed E-state index contributed by atoms with van der Waals surface area (Å²) in [5, 5.41) is 9.38. The number of methoxy groups -OCH3 is 1. The predicted molar refractivity (Wildman–Crippen MR) is 48.5 cm³/mol. The van der Waals surface area contributed by atoms with Gasteiger partial charge in [0.2, 0.25) is 5.82 Å². The fraction of sp³-hybridized carbons (Fsp3) is 0.333. The van der Waals surface area contributed by atoms with E-state index in [1.807, 2.05) is 0 Å². The van der Waals surface area contributed by atoms with Crippen LogP contribution in [-0.4, -0.2) is 18.8 Å². The summed E-state index contributed by atoms with van der Waals surface area (Å²) >= 11 is 0. The van der Waals surface area contributed by atoms with Gasteiger partial charge in [-0.3, -0.25) is 0 Å². The molecule has 0 aliphatic rings. The van der Waals surface area contributed by atoms with Crippen LogP contribution in [0.15, 0.2) is 12.1 Å². The molecule has 1 aromatic carbocycles. The first-order valence-electron chi connectivity index (χ1n) is 4.06. The molecular formula is C9H12FNO3. The maximum Gasteiger partial charge on any atom is 0.206 e. The van der Waals surface area contributed by atoms with E-state index in [4.69, 9.17) is 10.6 Å². The zero-order chi connectivity index (χ0) is 10.6. The summed E-state index contributed by atoms with van der Waals surface area (Å²) in [6.45, 7) is 0.222. The van der Waals surface area contributed by atoms with Gasteiger partial charge in [-0.15, -0.1) is 0 Å². The fourth-order valence-corrected chi connectivity index (χ4v) is 1.11. The van der Waals surface area contributed by atoms with E-state index in [1.54, 1.807) is 6.07 Å². The van der Waals surface area contributed by atoms with Gasteiger partial charge in [0, 0.05) is 6.42 Å². The molecule has 0 bridgehead atoms. The summed E-state index contributed by atoms with van der Waals surface area (Å²) in [7, 11) is 1.33. The van der Waals surface area contributed by atoms with Gasteiger partial charge in [-0.1, -0.05) is 6.07 Å². The number of aromatic hydroxyl groups is 1. The SMILES string of the molecule is COc1ccc(CCON)c(O)c1F. The summed E-state index contributed by atoms with van der Waals surface area (Å²) in [5.74, 6) is 3.66. The molecule has 0 unspecified atom stereocenters. The van der Waals surface area contributed by atoms with Crippen LogP contribution in [0.2, 0.25) is 0 Å². The molecule has 1 aromatic rings. The second kappa shape index (κ2) is 4.78. The maximum atomic E-state index is 13.2. The van der Waals surface area contributed by atoms with Gasteiger partial charge in [0.15, 0.2) is 11.5 Å². The van der Waals surface area contributed by atoms with E-state index in [2.05, 4.69) is 4.84 Å². The third-order valence-corrected chi connectivity index (χ3v) is 1.87. The molecule has 4 nitrogen and oxygen atoms in total. The first-order valence-corrected chi connectivity index (χ1v) is 4.06. The van der Waals surface area contributed by atoms with E-state index in [0.717, 1.165) is 0 Å². The number of nitrogens with two attached hydrogens (primary N) is 1. The Balaban J connectivity index is 2.92. The van der Waals surface area contributed by atoms with Crippen molar-refractivity contribution in [2.24, 2.45) is 5.90 Å². The van der Waals surface area contributed by atoms with Crippen molar-refractivity contribution in [3.05, 3.63) is 23.5 Å². The Bertz CT molecular complexity index is 317. The number of halogens is 1. The number of hydrogen-bond acceptors (Lipinski definition) is 4. The quantitative estimate of drug-likeness (QED) is 0.712. The molecule has 0 atom stereocenters. The van der Waals surface area contributed by atoms with E-state index in [0.29, 0.717) is 12.0 Å². The molecule has 0 fully saturated rings. The topological polar surface area (TPSA) is 64.7 Å². The van der Waals surface area contributed by atoms with E-state index in [1.165, 1.54) is 13.2 Å². The highest BCUT2D eigenvalue weighted by Gasteiger charge is 2.12. The number of benzene rings is 1. The minimum absolute atomic E-state index is 0.0138. The highest BCUT2D eigenvalue weighted by atomic mass is 19.1. The molecule has 0 aliphatic carbocycles. The Morgan fingerprint density at radius 1 is 1.50 bits per heavy atom. The summed E-state index contributed by atoms with van der Waals surface area (Å²) < 4.78 is 17.9. The normalized spacial score (nSPS) is 10.2. The predicted octanol–water partition coefficient (Wildman–Crippen LogP) is 0.973. The first kappa shape index (κ1) is 10.7. The van der Waals surface area contributed by atoms with Crippen molar-refractivity contribution in [2.75, 3.05) is 13.7 Å². The standard InChI is InChI=1S/C9H12FNO3/c1-13-7-3-2-6(4-5-14-11)9(12)8(7)10/h2-3,12H,4-5,11H2,1H3. The molecule has 0 saturated carbocycles. The summed E-state index contributed by atoms with van der Waals surface area (Å²) in [6, 6.07) is 3.01. The molecule has 0 saturated heterocycles. The van der Waals surface area contributed by atoms with Crippen LogP contribution in [0.3, 0.4) is 0 Å². The largest absolute Gasteiger partial charge is 0.505 e. The van der Waals surface area contributed by atoms with Crippen LogP contribution in [0.5, 0.6) is 11.5 Å². The van der Waals surface area contributed by atoms with Gasteiger partial charge in [-0.05, 0) is 11.6 Å². The molecule has 0 spiro atoms. The van der Waals surface area contributed by atoms with Crippen molar-refractivity contribution in [1.29, 1.82) is 0 Å². The summed E-state index contributed by atoms with van der Waals surface area (Å²) in [5.41, 5.74) is 0.439. The van der Waals surface area contributed by atoms with Crippen LogP contribution in [0.25, 0.3) is 0 Å². The Morgan fingerprint density at radius 3 is 2.79 bits per heavy atom. The molecule has 0 amide bonds. The second-order valence-electron chi connectivity index (χ2n) is 2.71. The van der Waals surface area contributed by atoms with Crippen LogP contribution in [0.1, 0.15) is 5.56 Å². The zero-order valence-corrected chi connectivity index (χ0v) is 7.79. The molecule has 1 rings (SSSR count). The lowest BCUT2D eigenvalue weighted by Crippen LogP contribution is -2.04. The number of phenols is 1. The second-order valence-corrected chi connectivity index (χ2v) is 2.71. The maximum absolute atomic E-state index is 13.2. The molecular weight excluding hydrogens is 189 g/mol. The van der Waals surface area contributed by atoms with Gasteiger partial charge >= 0.3 is 0 Å². The summed E-state index contributed by atoms with van der Waals surface area (Å²) in [4.78, 5) is 4.33. The highest BCUT2D eigenvalue weighted by Crippen LogP contribution is 2.29. The third-order valence-electron chi connectivity index (χ3n) is 1.87.